The molecule has 19 heavy (non-hydrogen) atoms. The summed E-state index contributed by atoms with van der Waals surface area (Å²) in [6.07, 6.45) is 0. The standard InChI is InChI=1S/C13H11Cl2NO2S/c14-11-6-8(13(15)19-11)12(16)7-1-2-9-10(5-7)18-4-3-17-9/h1-2,5-6,12H,3-4,16H2. The predicted molar refractivity (Wildman–Crippen MR) is 77.8 cm³/mol. The number of rotatable bonds is 2. The number of ether oxygens (including phenoxy) is 2. The van der Waals surface area contributed by atoms with Gasteiger partial charge < -0.3 is 15.2 Å². The Morgan fingerprint density at radius 3 is 2.53 bits per heavy atom. The molecule has 0 saturated heterocycles. The van der Waals surface area contributed by atoms with E-state index in [4.69, 9.17) is 38.4 Å². The van der Waals surface area contributed by atoms with Gasteiger partial charge in [-0.15, -0.1) is 11.3 Å². The summed E-state index contributed by atoms with van der Waals surface area (Å²) in [5.74, 6) is 1.47. The smallest absolute Gasteiger partial charge is 0.161 e. The highest BCUT2D eigenvalue weighted by molar-refractivity contribution is 7.20. The molecule has 3 nitrogen and oxygen atoms in total. The second-order valence-corrected chi connectivity index (χ2v) is 6.45. The number of hydrogen-bond donors (Lipinski definition) is 1. The Hall–Kier alpha value is -0.940. The summed E-state index contributed by atoms with van der Waals surface area (Å²) in [6, 6.07) is 7.15. The van der Waals surface area contributed by atoms with Crippen LogP contribution in [0, 0.1) is 0 Å². The molecule has 0 bridgehead atoms. The van der Waals surface area contributed by atoms with Gasteiger partial charge in [0.25, 0.3) is 0 Å². The fourth-order valence-electron chi connectivity index (χ4n) is 2.00. The lowest BCUT2D eigenvalue weighted by molar-refractivity contribution is 0.171. The van der Waals surface area contributed by atoms with E-state index in [1.165, 1.54) is 11.3 Å². The minimum atomic E-state index is -0.327. The lowest BCUT2D eigenvalue weighted by Gasteiger charge is -2.20. The zero-order chi connectivity index (χ0) is 13.4. The second-order valence-electron chi connectivity index (χ2n) is 4.16. The number of hydrogen-bond acceptors (Lipinski definition) is 4. The molecule has 1 unspecified atom stereocenters. The number of halogens is 2. The molecule has 1 aliphatic rings. The molecule has 0 spiro atoms. The highest BCUT2D eigenvalue weighted by Gasteiger charge is 2.19. The molecule has 2 heterocycles. The van der Waals surface area contributed by atoms with Crippen LogP contribution < -0.4 is 15.2 Å². The molecule has 1 aliphatic heterocycles. The van der Waals surface area contributed by atoms with Crippen molar-refractivity contribution >= 4 is 34.5 Å². The van der Waals surface area contributed by atoms with Crippen LogP contribution in [0.1, 0.15) is 17.2 Å². The first-order valence-corrected chi connectivity index (χ1v) is 7.32. The lowest BCUT2D eigenvalue weighted by atomic mass is 10.0. The van der Waals surface area contributed by atoms with Gasteiger partial charge in [0.05, 0.1) is 14.7 Å². The van der Waals surface area contributed by atoms with Crippen molar-refractivity contribution < 1.29 is 9.47 Å². The number of thiophene rings is 1. The molecule has 3 rings (SSSR count). The summed E-state index contributed by atoms with van der Waals surface area (Å²) in [4.78, 5) is 0. The summed E-state index contributed by atoms with van der Waals surface area (Å²) >= 11 is 13.4. The molecule has 1 atom stereocenters. The maximum absolute atomic E-state index is 6.23. The van der Waals surface area contributed by atoms with Crippen LogP contribution in [0.15, 0.2) is 24.3 Å². The number of fused-ring (bicyclic) bond motifs is 1. The molecule has 0 radical (unpaired) electrons. The molecule has 0 saturated carbocycles. The fraction of sp³-hybridized carbons (Fsp3) is 0.231. The van der Waals surface area contributed by atoms with Crippen molar-refractivity contribution in [2.45, 2.75) is 6.04 Å². The molecule has 6 heteroatoms. The Bertz CT molecular complexity index is 615. The van der Waals surface area contributed by atoms with Gasteiger partial charge in [0.2, 0.25) is 0 Å². The van der Waals surface area contributed by atoms with Crippen molar-refractivity contribution in [3.8, 4) is 11.5 Å². The first-order valence-electron chi connectivity index (χ1n) is 5.75. The molecule has 0 fully saturated rings. The van der Waals surface area contributed by atoms with E-state index < -0.39 is 0 Å². The highest BCUT2D eigenvalue weighted by Crippen LogP contribution is 2.39. The van der Waals surface area contributed by atoms with Crippen molar-refractivity contribution in [2.24, 2.45) is 5.73 Å². The van der Waals surface area contributed by atoms with Gasteiger partial charge in [-0.3, -0.25) is 0 Å². The molecule has 2 N–H and O–H groups in total. The van der Waals surface area contributed by atoms with Crippen molar-refractivity contribution in [3.63, 3.8) is 0 Å². The monoisotopic (exact) mass is 315 g/mol. The lowest BCUT2D eigenvalue weighted by Crippen LogP contribution is -2.17. The Morgan fingerprint density at radius 1 is 1.11 bits per heavy atom. The van der Waals surface area contributed by atoms with Crippen LogP contribution in [0.25, 0.3) is 0 Å². The summed E-state index contributed by atoms with van der Waals surface area (Å²) in [7, 11) is 0. The van der Waals surface area contributed by atoms with Crippen LogP contribution >= 0.6 is 34.5 Å². The van der Waals surface area contributed by atoms with E-state index >= 15 is 0 Å². The summed E-state index contributed by atoms with van der Waals surface area (Å²) in [5.41, 5.74) is 7.98. The average molecular weight is 316 g/mol. The molecule has 2 aromatic rings. The van der Waals surface area contributed by atoms with Gasteiger partial charge in [0, 0.05) is 5.56 Å². The van der Waals surface area contributed by atoms with Crippen molar-refractivity contribution in [1.29, 1.82) is 0 Å². The largest absolute Gasteiger partial charge is 0.486 e. The maximum atomic E-state index is 6.23. The van der Waals surface area contributed by atoms with Crippen LogP contribution in [0.3, 0.4) is 0 Å². The summed E-state index contributed by atoms with van der Waals surface area (Å²) in [6.45, 7) is 1.13. The molecule has 0 aliphatic carbocycles. The van der Waals surface area contributed by atoms with Gasteiger partial charge in [-0.25, -0.2) is 0 Å². The van der Waals surface area contributed by atoms with Crippen LogP contribution in [-0.2, 0) is 0 Å². The minimum absolute atomic E-state index is 0.327. The normalized spacial score (nSPS) is 15.3. The van der Waals surface area contributed by atoms with Crippen LogP contribution in [0.5, 0.6) is 11.5 Å². The SMILES string of the molecule is NC(c1ccc2c(c1)OCCO2)c1cc(Cl)sc1Cl. The van der Waals surface area contributed by atoms with Crippen molar-refractivity contribution in [3.05, 3.63) is 44.1 Å². The molecule has 1 aromatic carbocycles. The minimum Gasteiger partial charge on any atom is -0.486 e. The topological polar surface area (TPSA) is 44.5 Å². The molecular weight excluding hydrogens is 305 g/mol. The van der Waals surface area contributed by atoms with Gasteiger partial charge in [-0.1, -0.05) is 29.3 Å². The van der Waals surface area contributed by atoms with Crippen molar-refractivity contribution in [1.82, 2.24) is 0 Å². The summed E-state index contributed by atoms with van der Waals surface area (Å²) in [5, 5.41) is 0. The highest BCUT2D eigenvalue weighted by atomic mass is 35.5. The third kappa shape index (κ3) is 2.54. The summed E-state index contributed by atoms with van der Waals surface area (Å²) < 4.78 is 12.3. The molecule has 0 amide bonds. The van der Waals surface area contributed by atoms with Crippen LogP contribution in [0.4, 0.5) is 0 Å². The van der Waals surface area contributed by atoms with Gasteiger partial charge in [0.15, 0.2) is 11.5 Å². The third-order valence-corrected chi connectivity index (χ3v) is 4.46. The van der Waals surface area contributed by atoms with Gasteiger partial charge >= 0.3 is 0 Å². The Balaban J connectivity index is 1.95. The second kappa shape index (κ2) is 5.21. The van der Waals surface area contributed by atoms with E-state index in [0.717, 1.165) is 22.6 Å². The van der Waals surface area contributed by atoms with E-state index in [9.17, 15) is 0 Å². The van der Waals surface area contributed by atoms with E-state index in [2.05, 4.69) is 0 Å². The Morgan fingerprint density at radius 2 is 1.84 bits per heavy atom. The zero-order valence-electron chi connectivity index (χ0n) is 9.86. The van der Waals surface area contributed by atoms with E-state index in [1.54, 1.807) is 6.07 Å². The molecule has 100 valence electrons. The first-order chi connectivity index (χ1) is 9.15. The van der Waals surface area contributed by atoms with E-state index in [1.807, 2.05) is 18.2 Å². The zero-order valence-corrected chi connectivity index (χ0v) is 12.2. The van der Waals surface area contributed by atoms with E-state index in [-0.39, 0.29) is 6.04 Å². The van der Waals surface area contributed by atoms with Crippen LogP contribution in [0.2, 0.25) is 8.67 Å². The Kier molecular flexibility index (Phi) is 3.58. The Labute approximate surface area is 124 Å². The van der Waals surface area contributed by atoms with Gasteiger partial charge in [-0.05, 0) is 23.8 Å². The van der Waals surface area contributed by atoms with Crippen LogP contribution in [-0.4, -0.2) is 13.2 Å². The van der Waals surface area contributed by atoms with Gasteiger partial charge in [-0.2, -0.15) is 0 Å². The molecule has 1 aromatic heterocycles. The first kappa shape index (κ1) is 13.1. The maximum Gasteiger partial charge on any atom is 0.161 e. The average Bonchev–Trinajstić information content (AvgIpc) is 2.76. The van der Waals surface area contributed by atoms with Gasteiger partial charge in [0.1, 0.15) is 13.2 Å². The number of nitrogens with two attached hydrogens (primary N) is 1. The fourth-order valence-corrected chi connectivity index (χ4v) is 3.55. The predicted octanol–water partition coefficient (Wildman–Crippen LogP) is 3.87. The quantitative estimate of drug-likeness (QED) is 0.914. The van der Waals surface area contributed by atoms with Crippen molar-refractivity contribution in [2.75, 3.05) is 13.2 Å². The molecular formula is C13H11Cl2NO2S. The van der Waals surface area contributed by atoms with E-state index in [0.29, 0.717) is 21.9 Å². The number of benzene rings is 1. The third-order valence-electron chi connectivity index (χ3n) is 2.94.